The first-order chi connectivity index (χ1) is 14.1. The lowest BCUT2D eigenvalue weighted by molar-refractivity contribution is 0.305. The number of hydrogen-bond acceptors (Lipinski definition) is 2. The average Bonchev–Trinajstić information content (AvgIpc) is 2.71. The highest BCUT2D eigenvalue weighted by Crippen LogP contribution is 2.34. The zero-order valence-electron chi connectivity index (χ0n) is 16.1. The van der Waals surface area contributed by atoms with Crippen molar-refractivity contribution < 1.29 is 4.74 Å². The highest BCUT2D eigenvalue weighted by Gasteiger charge is 2.12. The first kappa shape index (κ1) is 19.6. The molecule has 0 saturated heterocycles. The maximum atomic E-state index is 6.49. The average molecular weight is 422 g/mol. The molecule has 0 heterocycles. The zero-order valence-corrected chi connectivity index (χ0v) is 17.6. The Morgan fingerprint density at radius 1 is 0.828 bits per heavy atom. The maximum Gasteiger partial charge on any atom is 0.143 e. The topological polar surface area (TPSA) is 21.3 Å². The van der Waals surface area contributed by atoms with Crippen molar-refractivity contribution in [1.82, 2.24) is 0 Å². The Bertz CT molecular complexity index is 1150. The van der Waals surface area contributed by atoms with E-state index in [1.54, 1.807) is 6.07 Å². The van der Waals surface area contributed by atoms with E-state index in [0.29, 0.717) is 28.9 Å². The monoisotopic (exact) mass is 421 g/mol. The first-order valence-electron chi connectivity index (χ1n) is 9.48. The van der Waals surface area contributed by atoms with Gasteiger partial charge in [-0.3, -0.25) is 0 Å². The summed E-state index contributed by atoms with van der Waals surface area (Å²) in [4.78, 5) is 0. The summed E-state index contributed by atoms with van der Waals surface area (Å²) >= 11 is 12.7. The van der Waals surface area contributed by atoms with Gasteiger partial charge in [0.1, 0.15) is 12.4 Å². The Morgan fingerprint density at radius 3 is 2.48 bits per heavy atom. The number of benzene rings is 4. The van der Waals surface area contributed by atoms with E-state index >= 15 is 0 Å². The van der Waals surface area contributed by atoms with Crippen molar-refractivity contribution in [3.05, 3.63) is 106 Å². The second kappa shape index (κ2) is 8.77. The number of rotatable bonds is 6. The van der Waals surface area contributed by atoms with Gasteiger partial charge in [0.15, 0.2) is 0 Å². The van der Waals surface area contributed by atoms with Gasteiger partial charge >= 0.3 is 0 Å². The van der Waals surface area contributed by atoms with E-state index in [2.05, 4.69) is 48.6 Å². The molecule has 146 valence electrons. The van der Waals surface area contributed by atoms with Crippen molar-refractivity contribution >= 4 is 39.7 Å². The molecule has 0 aliphatic rings. The molecule has 0 fully saturated rings. The molecule has 0 aliphatic heterocycles. The van der Waals surface area contributed by atoms with Crippen LogP contribution >= 0.6 is 23.2 Å². The molecular weight excluding hydrogens is 401 g/mol. The minimum Gasteiger partial charge on any atom is -0.487 e. The summed E-state index contributed by atoms with van der Waals surface area (Å²) < 4.78 is 6.20. The molecule has 0 spiro atoms. The van der Waals surface area contributed by atoms with Crippen molar-refractivity contribution in [1.29, 1.82) is 0 Å². The summed E-state index contributed by atoms with van der Waals surface area (Å²) in [6, 6.07) is 26.4. The first-order valence-corrected chi connectivity index (χ1v) is 10.2. The largest absolute Gasteiger partial charge is 0.487 e. The summed E-state index contributed by atoms with van der Waals surface area (Å²) in [5.41, 5.74) is 4.28. The predicted octanol–water partition coefficient (Wildman–Crippen LogP) is 7.65. The standard InChI is InChI=1S/C25H21Cl2NO/c1-17-6-4-10-22(12-17)28-15-20-13-21(26)14-24(27)25(20)29-16-19-9-5-8-18-7-2-3-11-23(18)19/h2-14,28H,15-16H2,1H3. The lowest BCUT2D eigenvalue weighted by Gasteiger charge is -2.16. The van der Waals surface area contributed by atoms with Gasteiger partial charge in [0.05, 0.1) is 5.02 Å². The number of nitrogens with one attached hydrogen (secondary N) is 1. The summed E-state index contributed by atoms with van der Waals surface area (Å²) in [5, 5.41) is 6.90. The molecule has 4 heteroatoms. The quantitative estimate of drug-likeness (QED) is 0.345. The SMILES string of the molecule is Cc1cccc(NCc2cc(Cl)cc(Cl)c2OCc2cccc3ccccc23)c1. The molecule has 0 aliphatic carbocycles. The van der Waals surface area contributed by atoms with Gasteiger partial charge in [-0.1, -0.05) is 77.8 Å². The van der Waals surface area contributed by atoms with Crippen LogP contribution in [0.5, 0.6) is 5.75 Å². The third-order valence-electron chi connectivity index (χ3n) is 4.84. The lowest BCUT2D eigenvalue weighted by Crippen LogP contribution is -2.05. The highest BCUT2D eigenvalue weighted by molar-refractivity contribution is 6.35. The van der Waals surface area contributed by atoms with Crippen LogP contribution in [0.15, 0.2) is 78.9 Å². The Morgan fingerprint density at radius 2 is 1.62 bits per heavy atom. The second-order valence-electron chi connectivity index (χ2n) is 7.03. The van der Waals surface area contributed by atoms with Crippen molar-refractivity contribution in [3.8, 4) is 5.75 Å². The molecule has 0 aromatic heterocycles. The lowest BCUT2D eigenvalue weighted by atomic mass is 10.1. The van der Waals surface area contributed by atoms with E-state index < -0.39 is 0 Å². The second-order valence-corrected chi connectivity index (χ2v) is 7.87. The summed E-state index contributed by atoms with van der Waals surface area (Å²) in [7, 11) is 0. The van der Waals surface area contributed by atoms with Crippen molar-refractivity contribution in [2.45, 2.75) is 20.1 Å². The van der Waals surface area contributed by atoms with Gasteiger partial charge in [-0.25, -0.2) is 0 Å². The summed E-state index contributed by atoms with van der Waals surface area (Å²) in [6.07, 6.45) is 0. The molecule has 0 bridgehead atoms. The Balaban J connectivity index is 1.58. The van der Waals surface area contributed by atoms with Crippen LogP contribution < -0.4 is 10.1 Å². The third kappa shape index (κ3) is 4.67. The predicted molar refractivity (Wildman–Crippen MR) is 123 cm³/mol. The highest BCUT2D eigenvalue weighted by atomic mass is 35.5. The third-order valence-corrected chi connectivity index (χ3v) is 5.34. The molecule has 0 radical (unpaired) electrons. The van der Waals surface area contributed by atoms with E-state index in [0.717, 1.165) is 16.8 Å². The van der Waals surface area contributed by atoms with Crippen LogP contribution in [-0.2, 0) is 13.2 Å². The summed E-state index contributed by atoms with van der Waals surface area (Å²) in [5.74, 6) is 0.657. The number of halogens is 2. The molecule has 0 atom stereocenters. The van der Waals surface area contributed by atoms with E-state index in [1.807, 2.05) is 36.4 Å². The minimum atomic E-state index is 0.431. The van der Waals surface area contributed by atoms with Crippen molar-refractivity contribution in [3.63, 3.8) is 0 Å². The molecule has 4 aromatic rings. The van der Waals surface area contributed by atoms with Crippen LogP contribution in [0.25, 0.3) is 10.8 Å². The molecule has 0 amide bonds. The summed E-state index contributed by atoms with van der Waals surface area (Å²) in [6.45, 7) is 3.06. The van der Waals surface area contributed by atoms with Gasteiger partial charge in [0, 0.05) is 22.8 Å². The maximum absolute atomic E-state index is 6.49. The fourth-order valence-electron chi connectivity index (χ4n) is 3.43. The minimum absolute atomic E-state index is 0.431. The van der Waals surface area contributed by atoms with E-state index in [-0.39, 0.29) is 0 Å². The van der Waals surface area contributed by atoms with Gasteiger partial charge in [0.2, 0.25) is 0 Å². The van der Waals surface area contributed by atoms with Crippen LogP contribution in [0.1, 0.15) is 16.7 Å². The van der Waals surface area contributed by atoms with Crippen LogP contribution in [0.2, 0.25) is 10.0 Å². The number of hydrogen-bond donors (Lipinski definition) is 1. The molecule has 29 heavy (non-hydrogen) atoms. The normalized spacial score (nSPS) is 10.9. The van der Waals surface area contributed by atoms with Gasteiger partial charge in [0.25, 0.3) is 0 Å². The number of aryl methyl sites for hydroxylation is 1. The molecule has 1 N–H and O–H groups in total. The number of fused-ring (bicyclic) bond motifs is 1. The van der Waals surface area contributed by atoms with E-state index in [9.17, 15) is 0 Å². The zero-order chi connectivity index (χ0) is 20.2. The number of ether oxygens (including phenoxy) is 1. The van der Waals surface area contributed by atoms with Gasteiger partial charge < -0.3 is 10.1 Å². The Hall–Kier alpha value is -2.68. The van der Waals surface area contributed by atoms with E-state index in [1.165, 1.54) is 16.3 Å². The number of anilines is 1. The van der Waals surface area contributed by atoms with Crippen LogP contribution in [0, 0.1) is 6.92 Å². The van der Waals surface area contributed by atoms with Gasteiger partial charge in [-0.2, -0.15) is 0 Å². The molecule has 0 unspecified atom stereocenters. The fraction of sp³-hybridized carbons (Fsp3) is 0.120. The van der Waals surface area contributed by atoms with E-state index in [4.69, 9.17) is 27.9 Å². The van der Waals surface area contributed by atoms with Crippen LogP contribution in [0.4, 0.5) is 5.69 Å². The fourth-order valence-corrected chi connectivity index (χ4v) is 4.02. The van der Waals surface area contributed by atoms with Crippen molar-refractivity contribution in [2.24, 2.45) is 0 Å². The Labute approximate surface area is 181 Å². The molecular formula is C25H21Cl2NO. The Kier molecular flexibility index (Phi) is 5.94. The molecule has 2 nitrogen and oxygen atoms in total. The molecule has 4 rings (SSSR count). The van der Waals surface area contributed by atoms with Crippen LogP contribution in [0.3, 0.4) is 0 Å². The van der Waals surface area contributed by atoms with Crippen LogP contribution in [-0.4, -0.2) is 0 Å². The smallest absolute Gasteiger partial charge is 0.143 e. The van der Waals surface area contributed by atoms with Gasteiger partial charge in [-0.05, 0) is 53.1 Å². The molecule has 0 saturated carbocycles. The van der Waals surface area contributed by atoms with Gasteiger partial charge in [-0.15, -0.1) is 0 Å². The molecule has 4 aromatic carbocycles. The van der Waals surface area contributed by atoms with Crippen molar-refractivity contribution in [2.75, 3.05) is 5.32 Å².